The van der Waals surface area contributed by atoms with Crippen LogP contribution in [0.15, 0.2) is 53.5 Å². The minimum absolute atomic E-state index is 0.0865. The zero-order chi connectivity index (χ0) is 16.9. The van der Waals surface area contributed by atoms with Crippen LogP contribution in [0.25, 0.3) is 11.3 Å². The van der Waals surface area contributed by atoms with Crippen LogP contribution >= 0.6 is 0 Å². The van der Waals surface area contributed by atoms with E-state index in [-0.39, 0.29) is 11.9 Å². The van der Waals surface area contributed by atoms with Gasteiger partial charge in [-0.3, -0.25) is 9.48 Å². The number of aryl methyl sites for hydroxylation is 1. The topological polar surface area (TPSA) is 73.0 Å². The first-order valence-corrected chi connectivity index (χ1v) is 7.98. The molecule has 0 unspecified atom stereocenters. The van der Waals surface area contributed by atoms with Crippen molar-refractivity contribution < 1.29 is 9.21 Å². The highest BCUT2D eigenvalue weighted by Crippen LogP contribution is 2.22. The van der Waals surface area contributed by atoms with Crippen molar-refractivity contribution in [2.45, 2.75) is 32.9 Å². The third kappa shape index (κ3) is 3.71. The number of aromatic nitrogens is 3. The molecular formula is C18H20N4O2. The van der Waals surface area contributed by atoms with Crippen molar-refractivity contribution in [2.24, 2.45) is 0 Å². The SMILES string of the molecule is CCc1ccc(-c2ccc(C(=O)N[C@H](C)Cn3cncn3)o2)cc1. The number of carbonyl (C=O) groups is 1. The van der Waals surface area contributed by atoms with Crippen LogP contribution in [0.5, 0.6) is 0 Å². The molecule has 6 nitrogen and oxygen atoms in total. The fraction of sp³-hybridized carbons (Fsp3) is 0.278. The minimum Gasteiger partial charge on any atom is -0.451 e. The monoisotopic (exact) mass is 324 g/mol. The molecule has 2 aromatic heterocycles. The summed E-state index contributed by atoms with van der Waals surface area (Å²) in [7, 11) is 0. The molecular weight excluding hydrogens is 304 g/mol. The summed E-state index contributed by atoms with van der Waals surface area (Å²) in [6.45, 7) is 4.58. The molecule has 3 rings (SSSR count). The number of carbonyl (C=O) groups excluding carboxylic acids is 1. The molecule has 3 aromatic rings. The lowest BCUT2D eigenvalue weighted by molar-refractivity contribution is 0.0909. The van der Waals surface area contributed by atoms with Crippen LogP contribution < -0.4 is 5.32 Å². The summed E-state index contributed by atoms with van der Waals surface area (Å²) in [5.74, 6) is 0.751. The van der Waals surface area contributed by atoms with Crippen molar-refractivity contribution in [3.63, 3.8) is 0 Å². The molecule has 0 spiro atoms. The predicted octanol–water partition coefficient (Wildman–Crippen LogP) is 2.92. The summed E-state index contributed by atoms with van der Waals surface area (Å²) in [5, 5.41) is 6.92. The molecule has 0 saturated heterocycles. The van der Waals surface area contributed by atoms with E-state index in [1.165, 1.54) is 11.9 Å². The molecule has 24 heavy (non-hydrogen) atoms. The lowest BCUT2D eigenvalue weighted by Crippen LogP contribution is -2.35. The molecule has 0 aliphatic heterocycles. The van der Waals surface area contributed by atoms with Crippen molar-refractivity contribution in [2.75, 3.05) is 0 Å². The second-order valence-electron chi connectivity index (χ2n) is 5.71. The number of furan rings is 1. The van der Waals surface area contributed by atoms with Gasteiger partial charge in [0.05, 0.1) is 6.54 Å². The van der Waals surface area contributed by atoms with Gasteiger partial charge in [0.2, 0.25) is 0 Å². The minimum atomic E-state index is -0.237. The second kappa shape index (κ2) is 7.12. The van der Waals surface area contributed by atoms with Crippen LogP contribution in [0, 0.1) is 0 Å². The van der Waals surface area contributed by atoms with E-state index in [4.69, 9.17) is 4.42 Å². The highest BCUT2D eigenvalue weighted by atomic mass is 16.3. The van der Waals surface area contributed by atoms with Crippen molar-refractivity contribution in [1.29, 1.82) is 0 Å². The van der Waals surface area contributed by atoms with Gasteiger partial charge in [-0.2, -0.15) is 5.10 Å². The van der Waals surface area contributed by atoms with Crippen molar-refractivity contribution >= 4 is 5.91 Å². The van der Waals surface area contributed by atoms with E-state index < -0.39 is 0 Å². The number of rotatable bonds is 6. The van der Waals surface area contributed by atoms with Gasteiger partial charge in [-0.1, -0.05) is 31.2 Å². The molecule has 0 aliphatic carbocycles. The Kier molecular flexibility index (Phi) is 4.74. The number of benzene rings is 1. The van der Waals surface area contributed by atoms with E-state index in [1.54, 1.807) is 17.1 Å². The van der Waals surface area contributed by atoms with Crippen LogP contribution in [-0.2, 0) is 13.0 Å². The summed E-state index contributed by atoms with van der Waals surface area (Å²) in [6.07, 6.45) is 4.08. The Morgan fingerprint density at radius 1 is 1.25 bits per heavy atom. The van der Waals surface area contributed by atoms with Gasteiger partial charge < -0.3 is 9.73 Å². The third-order valence-electron chi connectivity index (χ3n) is 3.78. The zero-order valence-corrected chi connectivity index (χ0v) is 13.8. The summed E-state index contributed by atoms with van der Waals surface area (Å²) in [6, 6.07) is 11.6. The Bertz CT molecular complexity index is 791. The van der Waals surface area contributed by atoms with E-state index in [0.29, 0.717) is 18.1 Å². The molecule has 1 amide bonds. The lowest BCUT2D eigenvalue weighted by Gasteiger charge is -2.12. The Balaban J connectivity index is 1.64. The van der Waals surface area contributed by atoms with E-state index in [1.807, 2.05) is 25.1 Å². The third-order valence-corrected chi connectivity index (χ3v) is 3.78. The highest BCUT2D eigenvalue weighted by molar-refractivity contribution is 5.92. The predicted molar refractivity (Wildman–Crippen MR) is 90.5 cm³/mol. The van der Waals surface area contributed by atoms with Crippen LogP contribution in [-0.4, -0.2) is 26.7 Å². The molecule has 0 fully saturated rings. The lowest BCUT2D eigenvalue weighted by atomic mass is 10.1. The molecule has 1 atom stereocenters. The largest absolute Gasteiger partial charge is 0.451 e. The molecule has 0 radical (unpaired) electrons. The molecule has 0 bridgehead atoms. The summed E-state index contributed by atoms with van der Waals surface area (Å²) in [4.78, 5) is 16.2. The number of hydrogen-bond acceptors (Lipinski definition) is 4. The molecule has 1 aromatic carbocycles. The maximum atomic E-state index is 12.3. The molecule has 124 valence electrons. The Morgan fingerprint density at radius 2 is 2.04 bits per heavy atom. The average molecular weight is 324 g/mol. The Hall–Kier alpha value is -2.89. The molecule has 0 saturated carbocycles. The number of amides is 1. The van der Waals surface area contributed by atoms with Gasteiger partial charge in [0, 0.05) is 11.6 Å². The van der Waals surface area contributed by atoms with Crippen LogP contribution in [0.4, 0.5) is 0 Å². The first-order chi connectivity index (χ1) is 11.7. The summed E-state index contributed by atoms with van der Waals surface area (Å²) < 4.78 is 7.37. The second-order valence-corrected chi connectivity index (χ2v) is 5.71. The summed E-state index contributed by atoms with van der Waals surface area (Å²) in [5.41, 5.74) is 2.23. The maximum absolute atomic E-state index is 12.3. The number of nitrogens with zero attached hydrogens (tertiary/aromatic N) is 3. The van der Waals surface area contributed by atoms with Gasteiger partial charge in [-0.05, 0) is 31.0 Å². The first kappa shape index (κ1) is 16.0. The maximum Gasteiger partial charge on any atom is 0.287 e. The molecule has 1 N–H and O–H groups in total. The Labute approximate surface area is 140 Å². The van der Waals surface area contributed by atoms with Gasteiger partial charge in [-0.25, -0.2) is 4.98 Å². The highest BCUT2D eigenvalue weighted by Gasteiger charge is 2.15. The molecule has 6 heteroatoms. The Morgan fingerprint density at radius 3 is 2.71 bits per heavy atom. The van der Waals surface area contributed by atoms with Gasteiger partial charge >= 0.3 is 0 Å². The van der Waals surface area contributed by atoms with E-state index in [2.05, 4.69) is 34.5 Å². The quantitative estimate of drug-likeness (QED) is 0.756. The standard InChI is InChI=1S/C18H20N4O2/c1-3-14-4-6-15(7-5-14)16-8-9-17(24-16)18(23)21-13(2)10-22-12-19-11-20-22/h4-9,11-13H,3,10H2,1-2H3,(H,21,23)/t13-/m1/s1. The van der Waals surface area contributed by atoms with Gasteiger partial charge in [0.15, 0.2) is 5.76 Å². The summed E-state index contributed by atoms with van der Waals surface area (Å²) >= 11 is 0. The normalized spacial score (nSPS) is 12.1. The van der Waals surface area contributed by atoms with Gasteiger partial charge in [0.25, 0.3) is 5.91 Å². The van der Waals surface area contributed by atoms with Crippen molar-refractivity contribution in [1.82, 2.24) is 20.1 Å². The van der Waals surface area contributed by atoms with Gasteiger partial charge in [-0.15, -0.1) is 0 Å². The zero-order valence-electron chi connectivity index (χ0n) is 13.8. The number of nitrogens with one attached hydrogen (secondary N) is 1. The first-order valence-electron chi connectivity index (χ1n) is 7.98. The van der Waals surface area contributed by atoms with Gasteiger partial charge in [0.1, 0.15) is 18.4 Å². The fourth-order valence-corrected chi connectivity index (χ4v) is 2.47. The molecule has 0 aliphatic rings. The van der Waals surface area contributed by atoms with E-state index in [9.17, 15) is 4.79 Å². The van der Waals surface area contributed by atoms with Crippen molar-refractivity contribution in [3.8, 4) is 11.3 Å². The smallest absolute Gasteiger partial charge is 0.287 e. The number of hydrogen-bond donors (Lipinski definition) is 1. The molecule has 2 heterocycles. The average Bonchev–Trinajstić information content (AvgIpc) is 3.26. The van der Waals surface area contributed by atoms with Crippen LogP contribution in [0.3, 0.4) is 0 Å². The van der Waals surface area contributed by atoms with Crippen LogP contribution in [0.1, 0.15) is 30.0 Å². The van der Waals surface area contributed by atoms with E-state index >= 15 is 0 Å². The van der Waals surface area contributed by atoms with Crippen LogP contribution in [0.2, 0.25) is 0 Å². The van der Waals surface area contributed by atoms with Crippen molar-refractivity contribution in [3.05, 3.63) is 60.4 Å². The fourth-order valence-electron chi connectivity index (χ4n) is 2.47. The van der Waals surface area contributed by atoms with E-state index in [0.717, 1.165) is 12.0 Å².